The second-order valence-corrected chi connectivity index (χ2v) is 9.46. The number of nitrogens with zero attached hydrogens (tertiary/aromatic N) is 1. The first kappa shape index (κ1) is 21.5. The Morgan fingerprint density at radius 3 is 2.58 bits per heavy atom. The smallest absolute Gasteiger partial charge is 0.243 e. The van der Waals surface area contributed by atoms with Crippen molar-refractivity contribution < 1.29 is 22.3 Å². The van der Waals surface area contributed by atoms with E-state index in [1.807, 2.05) is 25.1 Å². The Labute approximate surface area is 182 Å². The Bertz CT molecular complexity index is 1160. The van der Waals surface area contributed by atoms with Gasteiger partial charge in [-0.2, -0.15) is 4.31 Å². The van der Waals surface area contributed by atoms with Gasteiger partial charge in [-0.15, -0.1) is 0 Å². The van der Waals surface area contributed by atoms with Crippen LogP contribution in [-0.2, 0) is 34.5 Å². The zero-order valence-corrected chi connectivity index (χ0v) is 18.1. The predicted molar refractivity (Wildman–Crippen MR) is 116 cm³/mol. The summed E-state index contributed by atoms with van der Waals surface area (Å²) >= 11 is 0. The molecule has 4 rings (SSSR count). The lowest BCUT2D eigenvalue weighted by molar-refractivity contribution is 0.105. The van der Waals surface area contributed by atoms with Crippen LogP contribution in [-0.4, -0.2) is 25.9 Å². The van der Waals surface area contributed by atoms with E-state index in [4.69, 9.17) is 9.47 Å². The van der Waals surface area contributed by atoms with Crippen LogP contribution in [0.15, 0.2) is 71.6 Å². The van der Waals surface area contributed by atoms with Gasteiger partial charge >= 0.3 is 0 Å². The van der Waals surface area contributed by atoms with Gasteiger partial charge < -0.3 is 9.47 Å². The normalized spacial score (nSPS) is 14.5. The molecule has 0 amide bonds. The second-order valence-electron chi connectivity index (χ2n) is 7.53. The number of aryl methyl sites for hydroxylation is 1. The molecule has 0 radical (unpaired) electrons. The summed E-state index contributed by atoms with van der Waals surface area (Å²) in [5.41, 5.74) is 3.15. The van der Waals surface area contributed by atoms with Crippen LogP contribution >= 0.6 is 0 Å². The van der Waals surface area contributed by atoms with Gasteiger partial charge in [0.05, 0.1) is 18.1 Å². The van der Waals surface area contributed by atoms with Crippen molar-refractivity contribution in [3.63, 3.8) is 0 Å². The monoisotopic (exact) mass is 441 g/mol. The minimum absolute atomic E-state index is 0.161. The molecule has 7 heteroatoms. The van der Waals surface area contributed by atoms with Crippen LogP contribution in [0, 0.1) is 12.7 Å². The molecule has 0 bridgehead atoms. The molecule has 1 heterocycles. The highest BCUT2D eigenvalue weighted by molar-refractivity contribution is 7.89. The average Bonchev–Trinajstić information content (AvgIpc) is 2.98. The Kier molecular flexibility index (Phi) is 6.36. The van der Waals surface area contributed by atoms with Crippen LogP contribution in [0.3, 0.4) is 0 Å². The third kappa shape index (κ3) is 4.95. The van der Waals surface area contributed by atoms with Gasteiger partial charge in [-0.1, -0.05) is 42.0 Å². The van der Waals surface area contributed by atoms with Gasteiger partial charge in [0.2, 0.25) is 10.0 Å². The summed E-state index contributed by atoms with van der Waals surface area (Å²) in [6, 6.07) is 18.9. The van der Waals surface area contributed by atoms with Crippen molar-refractivity contribution in [3.8, 4) is 5.75 Å². The molecule has 0 aromatic heterocycles. The summed E-state index contributed by atoms with van der Waals surface area (Å²) in [4.78, 5) is 0.269. The lowest BCUT2D eigenvalue weighted by Gasteiger charge is -2.20. The molecular weight excluding hydrogens is 417 g/mol. The SMILES string of the molecule is Cc1ccc(S(=O)(=O)N2CCOc3ccc(COCc4ccccc4F)cc3C2)cc1. The number of sulfonamides is 1. The van der Waals surface area contributed by atoms with E-state index in [0.717, 1.165) is 16.7 Å². The number of hydrogen-bond acceptors (Lipinski definition) is 4. The summed E-state index contributed by atoms with van der Waals surface area (Å²) in [6.45, 7) is 3.13. The predicted octanol–water partition coefficient (Wildman–Crippen LogP) is 4.43. The Morgan fingerprint density at radius 1 is 1.03 bits per heavy atom. The van der Waals surface area contributed by atoms with Gasteiger partial charge in [-0.25, -0.2) is 12.8 Å². The Balaban J connectivity index is 1.49. The zero-order valence-electron chi connectivity index (χ0n) is 17.3. The van der Waals surface area contributed by atoms with Crippen molar-refractivity contribution >= 4 is 10.0 Å². The summed E-state index contributed by atoms with van der Waals surface area (Å²) in [5.74, 6) is 0.370. The van der Waals surface area contributed by atoms with Gasteiger partial charge in [0, 0.05) is 24.2 Å². The molecule has 0 fully saturated rings. The molecule has 1 aliphatic rings. The molecule has 3 aromatic rings. The molecule has 0 N–H and O–H groups in total. The maximum Gasteiger partial charge on any atom is 0.243 e. The average molecular weight is 442 g/mol. The van der Waals surface area contributed by atoms with Crippen molar-refractivity contribution in [1.29, 1.82) is 0 Å². The second kappa shape index (κ2) is 9.18. The first-order chi connectivity index (χ1) is 14.9. The number of ether oxygens (including phenoxy) is 2. The van der Waals surface area contributed by atoms with Crippen molar-refractivity contribution in [3.05, 3.63) is 94.8 Å². The van der Waals surface area contributed by atoms with E-state index in [1.54, 1.807) is 42.5 Å². The molecule has 0 saturated heterocycles. The minimum Gasteiger partial charge on any atom is -0.492 e. The van der Waals surface area contributed by atoms with Gasteiger partial charge in [-0.05, 0) is 42.8 Å². The Morgan fingerprint density at radius 2 is 1.81 bits per heavy atom. The van der Waals surface area contributed by atoms with Crippen LogP contribution in [0.25, 0.3) is 0 Å². The van der Waals surface area contributed by atoms with E-state index in [0.29, 0.717) is 11.3 Å². The molecule has 162 valence electrons. The van der Waals surface area contributed by atoms with Crippen molar-refractivity contribution in [1.82, 2.24) is 4.31 Å². The fourth-order valence-corrected chi connectivity index (χ4v) is 4.87. The maximum absolute atomic E-state index is 13.7. The molecule has 0 aliphatic carbocycles. The van der Waals surface area contributed by atoms with Crippen LogP contribution < -0.4 is 4.74 Å². The first-order valence-corrected chi connectivity index (χ1v) is 11.5. The fraction of sp³-hybridized carbons (Fsp3) is 0.250. The van der Waals surface area contributed by atoms with Gasteiger partial charge in [0.1, 0.15) is 18.2 Å². The minimum atomic E-state index is -3.64. The number of hydrogen-bond donors (Lipinski definition) is 0. The van der Waals surface area contributed by atoms with Crippen molar-refractivity contribution in [2.45, 2.75) is 31.6 Å². The zero-order chi connectivity index (χ0) is 21.8. The number of benzene rings is 3. The third-order valence-electron chi connectivity index (χ3n) is 5.21. The molecule has 0 unspecified atom stereocenters. The number of halogens is 1. The largest absolute Gasteiger partial charge is 0.492 e. The van der Waals surface area contributed by atoms with Crippen molar-refractivity contribution in [2.75, 3.05) is 13.2 Å². The van der Waals surface area contributed by atoms with Crippen LogP contribution in [0.2, 0.25) is 0 Å². The molecular formula is C24H24FNO4S. The van der Waals surface area contributed by atoms with Gasteiger partial charge in [0.15, 0.2) is 0 Å². The quantitative estimate of drug-likeness (QED) is 0.568. The number of fused-ring (bicyclic) bond motifs is 1. The Hall–Kier alpha value is -2.74. The van der Waals surface area contributed by atoms with Crippen LogP contribution in [0.4, 0.5) is 4.39 Å². The maximum atomic E-state index is 13.7. The van der Waals surface area contributed by atoms with E-state index in [-0.39, 0.29) is 43.6 Å². The summed E-state index contributed by atoms with van der Waals surface area (Å²) in [6.07, 6.45) is 0. The van der Waals surface area contributed by atoms with E-state index in [1.165, 1.54) is 10.4 Å². The lowest BCUT2D eigenvalue weighted by atomic mass is 10.1. The molecule has 0 spiro atoms. The topological polar surface area (TPSA) is 55.8 Å². The van der Waals surface area contributed by atoms with Crippen molar-refractivity contribution in [2.24, 2.45) is 0 Å². The van der Waals surface area contributed by atoms with Gasteiger partial charge in [0.25, 0.3) is 0 Å². The van der Waals surface area contributed by atoms with E-state index in [2.05, 4.69) is 0 Å². The van der Waals surface area contributed by atoms with E-state index < -0.39 is 10.0 Å². The summed E-state index contributed by atoms with van der Waals surface area (Å²) in [5, 5.41) is 0. The fourth-order valence-electron chi connectivity index (χ4n) is 3.47. The summed E-state index contributed by atoms with van der Waals surface area (Å²) in [7, 11) is -3.64. The highest BCUT2D eigenvalue weighted by Gasteiger charge is 2.27. The molecule has 3 aromatic carbocycles. The highest BCUT2D eigenvalue weighted by atomic mass is 32.2. The first-order valence-electron chi connectivity index (χ1n) is 10.1. The van der Waals surface area contributed by atoms with E-state index in [9.17, 15) is 12.8 Å². The molecule has 1 aliphatic heterocycles. The highest BCUT2D eigenvalue weighted by Crippen LogP contribution is 2.28. The molecule has 5 nitrogen and oxygen atoms in total. The summed E-state index contributed by atoms with van der Waals surface area (Å²) < 4.78 is 52.9. The standard InChI is InChI=1S/C24H24FNO4S/c1-18-6-9-22(10-7-18)31(27,28)26-12-13-30-24-11-8-19(14-21(24)15-26)16-29-17-20-4-2-3-5-23(20)25/h2-11,14H,12-13,15-17H2,1H3. The molecule has 31 heavy (non-hydrogen) atoms. The van der Waals surface area contributed by atoms with Crippen LogP contribution in [0.1, 0.15) is 22.3 Å². The lowest BCUT2D eigenvalue weighted by Crippen LogP contribution is -2.32. The molecule has 0 atom stereocenters. The number of rotatable bonds is 6. The van der Waals surface area contributed by atoms with Gasteiger partial charge in [-0.3, -0.25) is 0 Å². The van der Waals surface area contributed by atoms with Crippen LogP contribution in [0.5, 0.6) is 5.75 Å². The molecule has 0 saturated carbocycles. The van der Waals surface area contributed by atoms with E-state index >= 15 is 0 Å². The third-order valence-corrected chi connectivity index (χ3v) is 7.07.